The molecule has 4 heteroatoms. The first kappa shape index (κ1) is 17.0. The van der Waals surface area contributed by atoms with Crippen molar-refractivity contribution in [2.45, 2.75) is 19.8 Å². The van der Waals surface area contributed by atoms with Gasteiger partial charge in [-0.1, -0.05) is 54.9 Å². The minimum atomic E-state index is 0.0869. The van der Waals surface area contributed by atoms with Crippen molar-refractivity contribution in [3.63, 3.8) is 0 Å². The highest BCUT2D eigenvalue weighted by Gasteiger charge is 2.24. The lowest BCUT2D eigenvalue weighted by atomic mass is 9.97. The second kappa shape index (κ2) is 7.08. The predicted octanol–water partition coefficient (Wildman–Crippen LogP) is 5.43. The lowest BCUT2D eigenvalue weighted by Gasteiger charge is -2.30. The van der Waals surface area contributed by atoms with E-state index < -0.39 is 0 Å². The summed E-state index contributed by atoms with van der Waals surface area (Å²) in [5.41, 5.74) is 3.11. The van der Waals surface area contributed by atoms with Gasteiger partial charge in [-0.05, 0) is 37.0 Å². The lowest BCUT2D eigenvalue weighted by molar-refractivity contribution is 0.0699. The topological polar surface area (TPSA) is 33.2 Å². The molecule has 0 N–H and O–H groups in total. The van der Waals surface area contributed by atoms with Crippen molar-refractivity contribution in [1.82, 2.24) is 9.88 Å². The van der Waals surface area contributed by atoms with Gasteiger partial charge in [0.25, 0.3) is 5.91 Å². The molecule has 1 saturated heterocycles. The molecular formula is C22H21ClN2O. The SMILES string of the molecule is CC1CCN(C(=O)c2cc(-c3ccccc3Cl)nc3ccccc23)CC1. The monoisotopic (exact) mass is 364 g/mol. The summed E-state index contributed by atoms with van der Waals surface area (Å²) < 4.78 is 0. The molecule has 1 aromatic heterocycles. The second-order valence-electron chi connectivity index (χ2n) is 7.03. The summed E-state index contributed by atoms with van der Waals surface area (Å²) in [6.45, 7) is 3.88. The highest BCUT2D eigenvalue weighted by Crippen LogP contribution is 2.30. The molecule has 2 heterocycles. The first-order valence-electron chi connectivity index (χ1n) is 9.07. The molecule has 132 valence electrons. The second-order valence-corrected chi connectivity index (χ2v) is 7.43. The number of fused-ring (bicyclic) bond motifs is 1. The Hall–Kier alpha value is -2.39. The summed E-state index contributed by atoms with van der Waals surface area (Å²) in [6.07, 6.45) is 2.12. The number of carbonyl (C=O) groups is 1. The standard InChI is InChI=1S/C22H21ClN2O/c1-15-10-12-25(13-11-15)22(26)18-14-21(17-7-2-4-8-19(17)23)24-20-9-5-3-6-16(18)20/h2-9,14-15H,10-13H2,1H3. The molecule has 1 aliphatic heterocycles. The molecule has 0 aliphatic carbocycles. The molecule has 0 spiro atoms. The van der Waals surface area contributed by atoms with Crippen molar-refractivity contribution in [2.75, 3.05) is 13.1 Å². The molecule has 0 unspecified atom stereocenters. The number of hydrogen-bond donors (Lipinski definition) is 0. The third-order valence-corrected chi connectivity index (χ3v) is 5.50. The van der Waals surface area contributed by atoms with Gasteiger partial charge in [-0.2, -0.15) is 0 Å². The number of para-hydroxylation sites is 1. The fourth-order valence-electron chi connectivity index (χ4n) is 3.54. The van der Waals surface area contributed by atoms with Gasteiger partial charge in [0.15, 0.2) is 0 Å². The third kappa shape index (κ3) is 3.19. The van der Waals surface area contributed by atoms with Crippen LogP contribution in [0.4, 0.5) is 0 Å². The first-order chi connectivity index (χ1) is 12.6. The van der Waals surface area contributed by atoms with E-state index in [0.717, 1.165) is 48.1 Å². The van der Waals surface area contributed by atoms with Gasteiger partial charge in [-0.3, -0.25) is 4.79 Å². The minimum Gasteiger partial charge on any atom is -0.339 e. The highest BCUT2D eigenvalue weighted by atomic mass is 35.5. The predicted molar refractivity (Wildman–Crippen MR) is 106 cm³/mol. The number of amides is 1. The fourth-order valence-corrected chi connectivity index (χ4v) is 3.77. The third-order valence-electron chi connectivity index (χ3n) is 5.17. The van der Waals surface area contributed by atoms with E-state index in [9.17, 15) is 4.79 Å². The number of benzene rings is 2. The van der Waals surface area contributed by atoms with E-state index >= 15 is 0 Å². The Kier molecular flexibility index (Phi) is 4.64. The number of nitrogens with zero attached hydrogens (tertiary/aromatic N) is 2. The molecule has 4 rings (SSSR count). The van der Waals surface area contributed by atoms with Crippen LogP contribution in [0.25, 0.3) is 22.2 Å². The van der Waals surface area contributed by atoms with E-state index in [0.29, 0.717) is 16.5 Å². The van der Waals surface area contributed by atoms with Crippen LogP contribution in [0, 0.1) is 5.92 Å². The van der Waals surface area contributed by atoms with Crippen LogP contribution in [0.1, 0.15) is 30.1 Å². The van der Waals surface area contributed by atoms with Crippen LogP contribution in [0.5, 0.6) is 0 Å². The summed E-state index contributed by atoms with van der Waals surface area (Å²) in [5, 5.41) is 1.53. The zero-order valence-electron chi connectivity index (χ0n) is 14.8. The van der Waals surface area contributed by atoms with Crippen molar-refractivity contribution >= 4 is 28.4 Å². The molecule has 1 aliphatic rings. The molecule has 0 atom stereocenters. The van der Waals surface area contributed by atoms with E-state index in [1.54, 1.807) is 0 Å². The van der Waals surface area contributed by atoms with Crippen LogP contribution in [-0.4, -0.2) is 28.9 Å². The maximum Gasteiger partial charge on any atom is 0.254 e. The van der Waals surface area contributed by atoms with Gasteiger partial charge in [0.05, 0.1) is 16.8 Å². The average molecular weight is 365 g/mol. The van der Waals surface area contributed by atoms with E-state index in [-0.39, 0.29) is 5.91 Å². The Morgan fingerprint density at radius 1 is 1.08 bits per heavy atom. The van der Waals surface area contributed by atoms with Crippen molar-refractivity contribution in [3.8, 4) is 11.3 Å². The Labute approximate surface area is 158 Å². The van der Waals surface area contributed by atoms with Crippen LogP contribution < -0.4 is 0 Å². The van der Waals surface area contributed by atoms with Gasteiger partial charge in [0.1, 0.15) is 0 Å². The number of pyridine rings is 1. The van der Waals surface area contributed by atoms with Crippen LogP contribution in [0.15, 0.2) is 54.6 Å². The van der Waals surface area contributed by atoms with E-state index in [1.807, 2.05) is 59.5 Å². The zero-order chi connectivity index (χ0) is 18.1. The van der Waals surface area contributed by atoms with Gasteiger partial charge < -0.3 is 4.90 Å². The summed E-state index contributed by atoms with van der Waals surface area (Å²) in [6, 6.07) is 17.3. The Bertz CT molecular complexity index is 961. The highest BCUT2D eigenvalue weighted by molar-refractivity contribution is 6.33. The number of carbonyl (C=O) groups excluding carboxylic acids is 1. The molecule has 2 aromatic carbocycles. The fraction of sp³-hybridized carbons (Fsp3) is 0.273. The quantitative estimate of drug-likeness (QED) is 0.607. The number of hydrogen-bond acceptors (Lipinski definition) is 2. The largest absolute Gasteiger partial charge is 0.339 e. The summed E-state index contributed by atoms with van der Waals surface area (Å²) in [5.74, 6) is 0.774. The smallest absolute Gasteiger partial charge is 0.254 e. The number of piperidine rings is 1. The summed E-state index contributed by atoms with van der Waals surface area (Å²) in [4.78, 5) is 20.0. The Morgan fingerprint density at radius 2 is 1.77 bits per heavy atom. The first-order valence-corrected chi connectivity index (χ1v) is 9.45. The summed E-state index contributed by atoms with van der Waals surface area (Å²) >= 11 is 6.37. The summed E-state index contributed by atoms with van der Waals surface area (Å²) in [7, 11) is 0. The van der Waals surface area contributed by atoms with E-state index in [1.165, 1.54) is 0 Å². The number of rotatable bonds is 2. The Morgan fingerprint density at radius 3 is 2.54 bits per heavy atom. The molecule has 3 nitrogen and oxygen atoms in total. The molecule has 3 aromatic rings. The molecule has 26 heavy (non-hydrogen) atoms. The van der Waals surface area contributed by atoms with Crippen molar-refractivity contribution < 1.29 is 4.79 Å². The maximum atomic E-state index is 13.3. The Balaban J connectivity index is 1.83. The van der Waals surface area contributed by atoms with Gasteiger partial charge >= 0.3 is 0 Å². The minimum absolute atomic E-state index is 0.0869. The van der Waals surface area contributed by atoms with Crippen LogP contribution in [0.2, 0.25) is 5.02 Å². The maximum absolute atomic E-state index is 13.3. The lowest BCUT2D eigenvalue weighted by Crippen LogP contribution is -2.38. The van der Waals surface area contributed by atoms with Gasteiger partial charge in [0.2, 0.25) is 0 Å². The molecule has 0 bridgehead atoms. The van der Waals surface area contributed by atoms with Crippen LogP contribution in [-0.2, 0) is 0 Å². The van der Waals surface area contributed by atoms with Crippen molar-refractivity contribution in [3.05, 3.63) is 65.2 Å². The van der Waals surface area contributed by atoms with Crippen LogP contribution in [0.3, 0.4) is 0 Å². The number of likely N-dealkylation sites (tertiary alicyclic amines) is 1. The molecule has 1 fully saturated rings. The van der Waals surface area contributed by atoms with E-state index in [2.05, 4.69) is 6.92 Å². The van der Waals surface area contributed by atoms with Crippen molar-refractivity contribution in [1.29, 1.82) is 0 Å². The number of aromatic nitrogens is 1. The molecule has 0 radical (unpaired) electrons. The number of halogens is 1. The molecule has 0 saturated carbocycles. The van der Waals surface area contributed by atoms with Gasteiger partial charge in [-0.15, -0.1) is 0 Å². The zero-order valence-corrected chi connectivity index (χ0v) is 15.5. The molecule has 1 amide bonds. The molecular weight excluding hydrogens is 344 g/mol. The van der Waals surface area contributed by atoms with Crippen molar-refractivity contribution in [2.24, 2.45) is 5.92 Å². The normalized spacial score (nSPS) is 15.4. The average Bonchev–Trinajstić information content (AvgIpc) is 2.67. The van der Waals surface area contributed by atoms with E-state index in [4.69, 9.17) is 16.6 Å². The van der Waals surface area contributed by atoms with Crippen LogP contribution >= 0.6 is 11.6 Å². The van der Waals surface area contributed by atoms with Gasteiger partial charge in [0, 0.05) is 29.1 Å². The van der Waals surface area contributed by atoms with Gasteiger partial charge in [-0.25, -0.2) is 4.98 Å².